The maximum atomic E-state index is 10.6. The number of rotatable bonds is 3. The number of hydrogen-bond donors (Lipinski definition) is 3. The summed E-state index contributed by atoms with van der Waals surface area (Å²) in [5, 5.41) is 19.4. The van der Waals surface area contributed by atoms with Crippen LogP contribution < -0.4 is 11.2 Å². The Hall–Kier alpha value is -2.15. The molecule has 78 valence electrons. The largest absolute Gasteiger partial charge is 0.393 e. The summed E-state index contributed by atoms with van der Waals surface area (Å²) in [4.78, 5) is 13.9. The average molecular weight is 208 g/mol. The van der Waals surface area contributed by atoms with Crippen molar-refractivity contribution in [2.45, 2.75) is 6.04 Å². The highest BCUT2D eigenvalue weighted by Gasteiger charge is 2.24. The number of nitrogens with one attached hydrogen (secondary N) is 1. The van der Waals surface area contributed by atoms with E-state index in [-0.39, 0.29) is 23.1 Å². The normalized spacial score (nSPS) is 17.5. The van der Waals surface area contributed by atoms with E-state index in [0.717, 1.165) is 0 Å². The molecular weight excluding hydrogens is 200 g/mol. The third-order valence-corrected chi connectivity index (χ3v) is 2.13. The molecule has 4 N–H and O–H groups in total. The van der Waals surface area contributed by atoms with Crippen LogP contribution in [0.25, 0.3) is 0 Å². The molecule has 2 rings (SSSR count). The summed E-state index contributed by atoms with van der Waals surface area (Å²) >= 11 is 0. The molecule has 0 fully saturated rings. The monoisotopic (exact) mass is 208 g/mol. The maximum absolute atomic E-state index is 10.6. The van der Waals surface area contributed by atoms with Crippen molar-refractivity contribution in [2.75, 3.05) is 11.2 Å². The van der Waals surface area contributed by atoms with Crippen LogP contribution in [0.4, 0.5) is 17.1 Å². The van der Waals surface area contributed by atoms with Gasteiger partial charge in [0.05, 0.1) is 10.6 Å². The summed E-state index contributed by atoms with van der Waals surface area (Å²) in [6.45, 7) is 0. The molecule has 1 aromatic rings. The lowest BCUT2D eigenvalue weighted by molar-refractivity contribution is -0.383. The van der Waals surface area contributed by atoms with Crippen molar-refractivity contribution < 1.29 is 10.1 Å². The highest BCUT2D eigenvalue weighted by molar-refractivity contribution is 5.84. The van der Waals surface area contributed by atoms with E-state index in [4.69, 9.17) is 10.9 Å². The molecule has 0 amide bonds. The zero-order valence-corrected chi connectivity index (χ0v) is 7.54. The summed E-state index contributed by atoms with van der Waals surface area (Å²) < 4.78 is 0. The van der Waals surface area contributed by atoms with Gasteiger partial charge in [-0.05, 0) is 6.07 Å². The Morgan fingerprint density at radius 3 is 2.73 bits per heavy atom. The second-order valence-corrected chi connectivity index (χ2v) is 3.11. The number of aliphatic imine (C=N–C) groups is 1. The molecule has 1 atom stereocenters. The quantitative estimate of drug-likeness (QED) is 0.391. The summed E-state index contributed by atoms with van der Waals surface area (Å²) in [6.07, 6.45) is 1.65. The predicted molar refractivity (Wildman–Crippen MR) is 54.2 cm³/mol. The van der Waals surface area contributed by atoms with E-state index < -0.39 is 4.92 Å². The van der Waals surface area contributed by atoms with E-state index in [1.165, 1.54) is 12.1 Å². The van der Waals surface area contributed by atoms with Crippen molar-refractivity contribution in [3.05, 3.63) is 27.8 Å². The molecule has 0 aliphatic carbocycles. The van der Waals surface area contributed by atoms with Gasteiger partial charge in [0, 0.05) is 17.8 Å². The van der Waals surface area contributed by atoms with Crippen LogP contribution in [0.3, 0.4) is 0 Å². The Kier molecular flexibility index (Phi) is 2.01. The van der Waals surface area contributed by atoms with Gasteiger partial charge in [-0.3, -0.25) is 25.8 Å². The standard InChI is InChI=1S/C8H8N4O3/c9-5-1-4(7-3-10-7)6(11-13)2-8(5)12(14)15/h1-3,7,11,13H,9H2. The third kappa shape index (κ3) is 1.59. The van der Waals surface area contributed by atoms with Gasteiger partial charge in [0.15, 0.2) is 0 Å². The van der Waals surface area contributed by atoms with E-state index in [9.17, 15) is 10.1 Å². The van der Waals surface area contributed by atoms with Crippen LogP contribution in [-0.2, 0) is 0 Å². The van der Waals surface area contributed by atoms with E-state index >= 15 is 0 Å². The molecule has 7 nitrogen and oxygen atoms in total. The number of nitro groups is 1. The molecule has 1 aromatic carbocycles. The van der Waals surface area contributed by atoms with Crippen LogP contribution in [0.1, 0.15) is 11.6 Å². The first kappa shape index (κ1) is 9.41. The van der Waals surface area contributed by atoms with Gasteiger partial charge < -0.3 is 5.73 Å². The minimum Gasteiger partial charge on any atom is -0.393 e. The predicted octanol–water partition coefficient (Wildman–Crippen LogP) is 1.10. The first-order chi connectivity index (χ1) is 7.13. The van der Waals surface area contributed by atoms with E-state index in [1.54, 1.807) is 6.21 Å². The number of nitrogen functional groups attached to an aromatic ring is 1. The Labute approximate surface area is 84.3 Å². The summed E-state index contributed by atoms with van der Waals surface area (Å²) in [5.74, 6) is 0. The first-order valence-corrected chi connectivity index (χ1v) is 4.14. The third-order valence-electron chi connectivity index (χ3n) is 2.13. The fourth-order valence-electron chi connectivity index (χ4n) is 1.33. The zero-order valence-electron chi connectivity index (χ0n) is 7.54. The van der Waals surface area contributed by atoms with Crippen LogP contribution in [0.5, 0.6) is 0 Å². The van der Waals surface area contributed by atoms with Gasteiger partial charge >= 0.3 is 0 Å². The van der Waals surface area contributed by atoms with Gasteiger partial charge in [-0.1, -0.05) is 0 Å². The number of anilines is 2. The number of nitrogens with two attached hydrogens (primary N) is 1. The van der Waals surface area contributed by atoms with Crippen molar-refractivity contribution >= 4 is 23.3 Å². The first-order valence-electron chi connectivity index (χ1n) is 4.14. The smallest absolute Gasteiger partial charge is 0.294 e. The molecular formula is C8H8N4O3. The molecule has 1 heterocycles. The molecule has 0 saturated carbocycles. The topological polar surface area (TPSA) is 114 Å². The molecule has 1 unspecified atom stereocenters. The number of nitro benzene ring substituents is 1. The molecule has 1 aliphatic heterocycles. The van der Waals surface area contributed by atoms with Gasteiger partial charge in [0.25, 0.3) is 5.69 Å². The van der Waals surface area contributed by atoms with Crippen LogP contribution in [-0.4, -0.2) is 16.3 Å². The van der Waals surface area contributed by atoms with Crippen LogP contribution >= 0.6 is 0 Å². The molecule has 0 aromatic heterocycles. The van der Waals surface area contributed by atoms with Crippen LogP contribution in [0.2, 0.25) is 0 Å². The Bertz CT molecular complexity index is 451. The lowest BCUT2D eigenvalue weighted by atomic mass is 10.1. The van der Waals surface area contributed by atoms with Crippen molar-refractivity contribution in [3.8, 4) is 0 Å². The Morgan fingerprint density at radius 1 is 1.60 bits per heavy atom. The second kappa shape index (κ2) is 3.21. The molecule has 0 spiro atoms. The molecule has 7 heteroatoms. The minimum absolute atomic E-state index is 0.0597. The fourth-order valence-corrected chi connectivity index (χ4v) is 1.33. The van der Waals surface area contributed by atoms with Gasteiger partial charge in [0.1, 0.15) is 11.7 Å². The summed E-state index contributed by atoms with van der Waals surface area (Å²) in [7, 11) is 0. The Balaban J connectivity index is 2.50. The molecule has 0 radical (unpaired) electrons. The zero-order chi connectivity index (χ0) is 11.0. The molecule has 0 bridgehead atoms. The van der Waals surface area contributed by atoms with Crippen molar-refractivity contribution in [1.29, 1.82) is 0 Å². The number of hydrogen-bond acceptors (Lipinski definition) is 6. The summed E-state index contributed by atoms with van der Waals surface area (Å²) in [5.41, 5.74) is 8.10. The highest BCUT2D eigenvalue weighted by atomic mass is 16.6. The van der Waals surface area contributed by atoms with Gasteiger partial charge in [-0.15, -0.1) is 0 Å². The SMILES string of the molecule is Nc1cc(C2C=N2)c(NO)cc1[N+](=O)[O-]. The summed E-state index contributed by atoms with van der Waals surface area (Å²) in [6, 6.07) is 2.49. The molecule has 15 heavy (non-hydrogen) atoms. The van der Waals surface area contributed by atoms with Crippen molar-refractivity contribution in [3.63, 3.8) is 0 Å². The minimum atomic E-state index is -0.603. The lowest BCUT2D eigenvalue weighted by Gasteiger charge is -2.07. The van der Waals surface area contributed by atoms with Gasteiger partial charge in [-0.25, -0.2) is 0 Å². The van der Waals surface area contributed by atoms with E-state index in [2.05, 4.69) is 4.99 Å². The fraction of sp³-hybridized carbons (Fsp3) is 0.125. The van der Waals surface area contributed by atoms with Gasteiger partial charge in [0.2, 0.25) is 0 Å². The van der Waals surface area contributed by atoms with Crippen molar-refractivity contribution in [1.82, 2.24) is 0 Å². The van der Waals surface area contributed by atoms with Crippen LogP contribution in [0.15, 0.2) is 17.1 Å². The number of nitrogens with zero attached hydrogens (tertiary/aromatic N) is 2. The highest BCUT2D eigenvalue weighted by Crippen LogP contribution is 2.36. The van der Waals surface area contributed by atoms with E-state index in [0.29, 0.717) is 5.56 Å². The van der Waals surface area contributed by atoms with Gasteiger partial charge in [-0.2, -0.15) is 0 Å². The Morgan fingerprint density at radius 2 is 2.27 bits per heavy atom. The van der Waals surface area contributed by atoms with Crippen molar-refractivity contribution in [2.24, 2.45) is 4.99 Å². The average Bonchev–Trinajstić information content (AvgIpc) is 3.00. The molecule has 1 aliphatic rings. The molecule has 0 saturated heterocycles. The lowest BCUT2D eigenvalue weighted by Crippen LogP contribution is -2.02. The number of benzene rings is 1. The maximum Gasteiger partial charge on any atom is 0.294 e. The van der Waals surface area contributed by atoms with E-state index in [1.807, 2.05) is 5.48 Å². The van der Waals surface area contributed by atoms with Crippen LogP contribution in [0, 0.1) is 10.1 Å². The second-order valence-electron chi connectivity index (χ2n) is 3.11.